The molecule has 2 rings (SSSR count). The van der Waals surface area contributed by atoms with Gasteiger partial charge in [-0.15, -0.1) is 0 Å². The summed E-state index contributed by atoms with van der Waals surface area (Å²) in [6.45, 7) is 11.9. The molecule has 2 aliphatic heterocycles. The predicted molar refractivity (Wildman–Crippen MR) is 135 cm³/mol. The van der Waals surface area contributed by atoms with Gasteiger partial charge < -0.3 is 28.4 Å². The normalized spacial score (nSPS) is 24.1. The van der Waals surface area contributed by atoms with Gasteiger partial charge in [0.05, 0.1) is 19.3 Å². The fraction of sp³-hybridized carbons (Fsp3) is 1.00. The maximum atomic E-state index is 11.4. The minimum Gasteiger partial charge on any atom is -0.353 e. The Morgan fingerprint density at radius 1 is 0.824 bits per heavy atom. The third-order valence-electron chi connectivity index (χ3n) is 6.87. The summed E-state index contributed by atoms with van der Waals surface area (Å²) in [6, 6.07) is 0. The molecule has 2 aliphatic rings. The van der Waals surface area contributed by atoms with Crippen molar-refractivity contribution in [3.05, 3.63) is 0 Å². The van der Waals surface area contributed by atoms with E-state index in [0.29, 0.717) is 13.2 Å². The van der Waals surface area contributed by atoms with Crippen LogP contribution in [0.5, 0.6) is 0 Å². The summed E-state index contributed by atoms with van der Waals surface area (Å²) < 4.78 is 40.1. The molecule has 0 aliphatic carbocycles. The molecule has 0 radical (unpaired) electrons. The Hall–Kier alpha value is -0.0100. The number of unbranched alkanes of at least 4 members (excludes halogenated alkanes) is 1. The van der Waals surface area contributed by atoms with E-state index in [2.05, 4.69) is 27.7 Å². The predicted octanol–water partition coefficient (Wildman–Crippen LogP) is 6.62. The summed E-state index contributed by atoms with van der Waals surface area (Å²) >= 11 is 0. The summed E-state index contributed by atoms with van der Waals surface area (Å²) in [7, 11) is -2.93. The molecule has 34 heavy (non-hydrogen) atoms. The fourth-order valence-electron chi connectivity index (χ4n) is 4.66. The van der Waals surface area contributed by atoms with Crippen LogP contribution in [-0.2, 0) is 28.0 Å². The second kappa shape index (κ2) is 16.0. The molecule has 0 aromatic heterocycles. The van der Waals surface area contributed by atoms with Gasteiger partial charge in [-0.05, 0) is 75.0 Å². The van der Waals surface area contributed by atoms with E-state index in [1.165, 1.54) is 12.8 Å². The summed E-state index contributed by atoms with van der Waals surface area (Å²) in [5, 5.41) is 0. The number of hydrogen-bond acceptors (Lipinski definition) is 6. The zero-order valence-corrected chi connectivity index (χ0v) is 23.1. The van der Waals surface area contributed by atoms with E-state index >= 15 is 0 Å². The smallest absolute Gasteiger partial charge is 0.316 e. The highest BCUT2D eigenvalue weighted by atomic mass is 31.1. The third kappa shape index (κ3) is 13.9. The topological polar surface area (TPSA) is 83.5 Å². The lowest BCUT2D eigenvalue weighted by molar-refractivity contribution is -0.177. The second-order valence-corrected chi connectivity index (χ2v) is 12.5. The van der Waals surface area contributed by atoms with E-state index in [0.717, 1.165) is 83.8 Å². The SMILES string of the molecule is CC(C)(CCCCC(CCCC(C)(C)COC1CCCCO1)O[PH](=O)O)COC1CCCCO1. The van der Waals surface area contributed by atoms with Gasteiger partial charge in [-0.2, -0.15) is 0 Å². The van der Waals surface area contributed by atoms with Crippen molar-refractivity contribution in [2.75, 3.05) is 26.4 Å². The van der Waals surface area contributed by atoms with Gasteiger partial charge in [0.15, 0.2) is 12.6 Å². The van der Waals surface area contributed by atoms with Gasteiger partial charge in [-0.25, -0.2) is 0 Å². The first-order valence-electron chi connectivity index (χ1n) is 13.5. The number of hydrogen-bond donors (Lipinski definition) is 1. The van der Waals surface area contributed by atoms with Gasteiger partial charge in [-0.1, -0.05) is 47.0 Å². The molecule has 0 amide bonds. The van der Waals surface area contributed by atoms with E-state index in [1.807, 2.05) is 0 Å². The van der Waals surface area contributed by atoms with Crippen LogP contribution in [0.1, 0.15) is 111 Å². The first kappa shape index (κ1) is 30.2. The maximum Gasteiger partial charge on any atom is 0.316 e. The summed E-state index contributed by atoms with van der Waals surface area (Å²) in [4.78, 5) is 9.35. The standard InChI is InChI=1S/C26H51O7P/c1-25(2,20-31-23-14-6-9-18-29-23)16-8-5-12-22(33-34(27)28)13-11-17-26(3,4)21-32-24-15-7-10-19-30-24/h22-24,34H,5-21H2,1-4H3,(H,27,28). The Balaban J connectivity index is 1.62. The zero-order chi connectivity index (χ0) is 24.9. The minimum absolute atomic E-state index is 0.0435. The molecular weight excluding hydrogens is 455 g/mol. The molecule has 0 aromatic carbocycles. The quantitative estimate of drug-likeness (QED) is 0.175. The van der Waals surface area contributed by atoms with Gasteiger partial charge in [0, 0.05) is 13.2 Å². The molecule has 0 bridgehead atoms. The van der Waals surface area contributed by atoms with Crippen molar-refractivity contribution in [1.82, 2.24) is 0 Å². The molecule has 202 valence electrons. The molecule has 0 aromatic rings. The molecule has 2 fully saturated rings. The van der Waals surface area contributed by atoms with Crippen LogP contribution in [0.25, 0.3) is 0 Å². The number of ether oxygens (including phenoxy) is 4. The molecule has 4 unspecified atom stereocenters. The Bertz CT molecular complexity index is 557. The molecule has 7 nitrogen and oxygen atoms in total. The third-order valence-corrected chi connectivity index (χ3v) is 7.41. The Morgan fingerprint density at radius 3 is 1.79 bits per heavy atom. The Labute approximate surface area is 208 Å². The average Bonchev–Trinajstić information content (AvgIpc) is 2.80. The Morgan fingerprint density at radius 2 is 1.32 bits per heavy atom. The van der Waals surface area contributed by atoms with Gasteiger partial charge in [-0.3, -0.25) is 4.57 Å². The second-order valence-electron chi connectivity index (χ2n) is 11.7. The van der Waals surface area contributed by atoms with E-state index < -0.39 is 8.25 Å². The van der Waals surface area contributed by atoms with Gasteiger partial charge in [0.2, 0.25) is 0 Å². The molecule has 0 saturated carbocycles. The van der Waals surface area contributed by atoms with Crippen molar-refractivity contribution in [3.8, 4) is 0 Å². The van der Waals surface area contributed by atoms with Crippen molar-refractivity contribution in [2.45, 2.75) is 130 Å². The van der Waals surface area contributed by atoms with E-state index in [9.17, 15) is 9.46 Å². The highest BCUT2D eigenvalue weighted by Gasteiger charge is 2.24. The highest BCUT2D eigenvalue weighted by Crippen LogP contribution is 2.31. The largest absolute Gasteiger partial charge is 0.353 e. The van der Waals surface area contributed by atoms with Crippen LogP contribution in [0.3, 0.4) is 0 Å². The molecular formula is C26H51O7P. The molecule has 4 atom stereocenters. The van der Waals surface area contributed by atoms with Gasteiger partial charge >= 0.3 is 8.25 Å². The van der Waals surface area contributed by atoms with Crippen LogP contribution in [-0.4, -0.2) is 50.0 Å². The lowest BCUT2D eigenvalue weighted by atomic mass is 9.86. The fourth-order valence-corrected chi connectivity index (χ4v) is 5.18. The van der Waals surface area contributed by atoms with Crippen LogP contribution in [0.2, 0.25) is 0 Å². The monoisotopic (exact) mass is 506 g/mol. The van der Waals surface area contributed by atoms with Crippen molar-refractivity contribution in [1.29, 1.82) is 0 Å². The number of rotatable bonds is 17. The lowest BCUT2D eigenvalue weighted by Crippen LogP contribution is -2.28. The average molecular weight is 507 g/mol. The van der Waals surface area contributed by atoms with Crippen molar-refractivity contribution < 1.29 is 32.9 Å². The molecule has 1 N–H and O–H groups in total. The van der Waals surface area contributed by atoms with E-state index in [1.54, 1.807) is 0 Å². The molecule has 8 heteroatoms. The highest BCUT2D eigenvalue weighted by molar-refractivity contribution is 7.32. The van der Waals surface area contributed by atoms with Crippen LogP contribution in [0, 0.1) is 10.8 Å². The maximum absolute atomic E-state index is 11.4. The van der Waals surface area contributed by atoms with E-state index in [4.69, 9.17) is 23.5 Å². The van der Waals surface area contributed by atoms with Gasteiger partial charge in [0.1, 0.15) is 0 Å². The first-order valence-corrected chi connectivity index (χ1v) is 14.8. The molecule has 0 spiro atoms. The molecule has 2 heterocycles. The van der Waals surface area contributed by atoms with Crippen LogP contribution in [0.15, 0.2) is 0 Å². The minimum atomic E-state index is -2.93. The van der Waals surface area contributed by atoms with Crippen LogP contribution < -0.4 is 0 Å². The van der Waals surface area contributed by atoms with E-state index in [-0.39, 0.29) is 29.5 Å². The van der Waals surface area contributed by atoms with Crippen molar-refractivity contribution in [3.63, 3.8) is 0 Å². The summed E-state index contributed by atoms with van der Waals surface area (Å²) in [5.41, 5.74) is 0.135. The Kier molecular flexibility index (Phi) is 14.2. The van der Waals surface area contributed by atoms with Crippen molar-refractivity contribution in [2.24, 2.45) is 10.8 Å². The van der Waals surface area contributed by atoms with Gasteiger partial charge in [0.25, 0.3) is 0 Å². The van der Waals surface area contributed by atoms with Crippen LogP contribution in [0.4, 0.5) is 0 Å². The summed E-state index contributed by atoms with van der Waals surface area (Å²) in [6.07, 6.45) is 12.9. The zero-order valence-electron chi connectivity index (χ0n) is 22.1. The van der Waals surface area contributed by atoms with Crippen molar-refractivity contribution >= 4 is 8.25 Å². The van der Waals surface area contributed by atoms with Crippen LogP contribution >= 0.6 is 8.25 Å². The summed E-state index contributed by atoms with van der Waals surface area (Å²) in [5.74, 6) is 0. The molecule has 2 saturated heterocycles. The first-order chi connectivity index (χ1) is 16.2. The lowest BCUT2D eigenvalue weighted by Gasteiger charge is -2.30.